The molecule has 0 aliphatic heterocycles. The standard InChI is InChI=1S/C55H95NO7/c1-6-8-10-12-14-16-18-20-22-24-25-26-27-28-30-31-33-35-37-39-41-43-45-53(57)62-50-51(49-61-48-47-52(55(59)60)56(3,4)5)63-54(58)46-44-42-40-38-36-34-32-29-23-21-19-17-15-13-11-9-7-2/h14,16,20-23,25-26,32,34,38,40,51-52H,6-13,15,17-19,24,27-31,33,35-37,39,41-50H2,1-5H3/b16-14+,22-20+,23-21+,26-25+,34-32+,40-38+. The number of carboxylic acids is 1. The van der Waals surface area contributed by atoms with Gasteiger partial charge in [0, 0.05) is 19.3 Å². The predicted octanol–water partition coefficient (Wildman–Crippen LogP) is 13.4. The molecule has 0 fully saturated rings. The Labute approximate surface area is 387 Å². The average molecular weight is 882 g/mol. The Morgan fingerprint density at radius 2 is 0.857 bits per heavy atom. The summed E-state index contributed by atoms with van der Waals surface area (Å²) < 4.78 is 17.2. The van der Waals surface area contributed by atoms with Gasteiger partial charge in [-0.2, -0.15) is 0 Å². The Kier molecular flexibility index (Phi) is 43.0. The number of allylic oxidation sites excluding steroid dienone is 12. The molecule has 8 nitrogen and oxygen atoms in total. The zero-order valence-corrected chi connectivity index (χ0v) is 41.2. The van der Waals surface area contributed by atoms with Gasteiger partial charge in [-0.15, -0.1) is 0 Å². The smallest absolute Gasteiger partial charge is 0.306 e. The second-order valence-corrected chi connectivity index (χ2v) is 18.0. The van der Waals surface area contributed by atoms with Gasteiger partial charge in [-0.25, -0.2) is 0 Å². The third-order valence-electron chi connectivity index (χ3n) is 11.1. The van der Waals surface area contributed by atoms with Crippen LogP contribution in [0.1, 0.15) is 206 Å². The van der Waals surface area contributed by atoms with Crippen LogP contribution in [0.15, 0.2) is 72.9 Å². The third-order valence-corrected chi connectivity index (χ3v) is 11.1. The van der Waals surface area contributed by atoms with Gasteiger partial charge in [0.25, 0.3) is 0 Å². The van der Waals surface area contributed by atoms with Crippen molar-refractivity contribution in [3.63, 3.8) is 0 Å². The molecule has 0 aliphatic rings. The molecular formula is C55H95NO7. The van der Waals surface area contributed by atoms with Crippen LogP contribution in [0.3, 0.4) is 0 Å². The maximum absolute atomic E-state index is 12.7. The van der Waals surface area contributed by atoms with E-state index in [-0.39, 0.29) is 49.1 Å². The van der Waals surface area contributed by atoms with Crippen LogP contribution in [0.25, 0.3) is 0 Å². The summed E-state index contributed by atoms with van der Waals surface area (Å²) in [7, 11) is 5.39. The van der Waals surface area contributed by atoms with Crippen molar-refractivity contribution in [3.8, 4) is 0 Å². The van der Waals surface area contributed by atoms with Crippen molar-refractivity contribution in [2.24, 2.45) is 0 Å². The number of likely N-dealkylation sites (N-methyl/N-ethyl adjacent to an activating group) is 1. The van der Waals surface area contributed by atoms with E-state index < -0.39 is 18.1 Å². The minimum atomic E-state index is -1.13. The molecule has 0 spiro atoms. The Balaban J connectivity index is 4.33. The number of unbranched alkanes of at least 4 members (excludes halogenated alkanes) is 19. The molecular weight excluding hydrogens is 787 g/mol. The number of nitrogens with zero attached hydrogens (tertiary/aromatic N) is 1. The van der Waals surface area contributed by atoms with Crippen molar-refractivity contribution < 1.29 is 38.2 Å². The molecule has 0 N–H and O–H groups in total. The lowest BCUT2D eigenvalue weighted by atomic mass is 10.1. The summed E-state index contributed by atoms with van der Waals surface area (Å²) in [4.78, 5) is 37.0. The largest absolute Gasteiger partial charge is 0.544 e. The highest BCUT2D eigenvalue weighted by Gasteiger charge is 2.25. The molecule has 0 aromatic heterocycles. The molecule has 0 aromatic rings. The van der Waals surface area contributed by atoms with Crippen molar-refractivity contribution in [2.45, 2.75) is 219 Å². The van der Waals surface area contributed by atoms with Gasteiger partial charge in [0.05, 0.1) is 40.3 Å². The fourth-order valence-corrected chi connectivity index (χ4v) is 7.09. The molecule has 362 valence electrons. The first-order valence-corrected chi connectivity index (χ1v) is 25.5. The van der Waals surface area contributed by atoms with Crippen molar-refractivity contribution in [1.82, 2.24) is 0 Å². The van der Waals surface area contributed by atoms with E-state index in [2.05, 4.69) is 86.8 Å². The minimum Gasteiger partial charge on any atom is -0.544 e. The van der Waals surface area contributed by atoms with Crippen molar-refractivity contribution >= 4 is 17.9 Å². The summed E-state index contributed by atoms with van der Waals surface area (Å²) >= 11 is 0. The first-order chi connectivity index (χ1) is 30.6. The van der Waals surface area contributed by atoms with E-state index in [9.17, 15) is 19.5 Å². The second-order valence-electron chi connectivity index (χ2n) is 18.0. The van der Waals surface area contributed by atoms with E-state index in [1.165, 1.54) is 109 Å². The summed E-state index contributed by atoms with van der Waals surface area (Å²) in [5, 5.41) is 11.7. The summed E-state index contributed by atoms with van der Waals surface area (Å²) in [5.74, 6) is -1.81. The van der Waals surface area contributed by atoms with Crippen LogP contribution in [-0.4, -0.2) is 75.5 Å². The number of hydrogen-bond acceptors (Lipinski definition) is 7. The molecule has 8 heteroatoms. The minimum absolute atomic E-state index is 0.0161. The lowest BCUT2D eigenvalue weighted by Gasteiger charge is -2.34. The van der Waals surface area contributed by atoms with Crippen LogP contribution < -0.4 is 5.11 Å². The summed E-state index contributed by atoms with van der Waals surface area (Å²) in [6.07, 6.45) is 57.9. The molecule has 0 rings (SSSR count). The highest BCUT2D eigenvalue weighted by molar-refractivity contribution is 5.70. The first-order valence-electron chi connectivity index (χ1n) is 25.5. The zero-order valence-electron chi connectivity index (χ0n) is 41.2. The molecule has 0 heterocycles. The monoisotopic (exact) mass is 882 g/mol. The van der Waals surface area contributed by atoms with Gasteiger partial charge in [0.15, 0.2) is 6.10 Å². The lowest BCUT2D eigenvalue weighted by molar-refractivity contribution is -0.889. The lowest BCUT2D eigenvalue weighted by Crippen LogP contribution is -2.55. The molecule has 0 amide bonds. The Morgan fingerprint density at radius 1 is 0.476 bits per heavy atom. The number of quaternary nitrogens is 1. The maximum Gasteiger partial charge on any atom is 0.306 e. The van der Waals surface area contributed by atoms with E-state index in [0.29, 0.717) is 12.8 Å². The predicted molar refractivity (Wildman–Crippen MR) is 263 cm³/mol. The highest BCUT2D eigenvalue weighted by atomic mass is 16.6. The Bertz CT molecular complexity index is 1260. The Morgan fingerprint density at radius 3 is 1.32 bits per heavy atom. The van der Waals surface area contributed by atoms with Crippen LogP contribution in [0, 0.1) is 0 Å². The molecule has 0 aromatic carbocycles. The number of esters is 2. The van der Waals surface area contributed by atoms with Crippen molar-refractivity contribution in [3.05, 3.63) is 72.9 Å². The van der Waals surface area contributed by atoms with E-state index in [1.807, 2.05) is 0 Å². The number of ether oxygens (including phenoxy) is 3. The van der Waals surface area contributed by atoms with E-state index in [4.69, 9.17) is 14.2 Å². The van der Waals surface area contributed by atoms with Crippen LogP contribution >= 0.6 is 0 Å². The molecule has 0 aliphatic carbocycles. The van der Waals surface area contributed by atoms with Gasteiger partial charge in [0.2, 0.25) is 0 Å². The highest BCUT2D eigenvalue weighted by Crippen LogP contribution is 2.14. The summed E-state index contributed by atoms with van der Waals surface area (Å²) in [6, 6.07) is -0.739. The maximum atomic E-state index is 12.7. The SMILES string of the molecule is CCCCC/C=C/C/C=C/C/C=C/CCCCCCCCCCCC(=O)OCC(COCCC(C(=O)[O-])[N+](C)(C)C)OC(=O)CCC/C=C/C/C=C/C/C=C/CCCCCCCC. The van der Waals surface area contributed by atoms with Gasteiger partial charge < -0.3 is 28.6 Å². The fraction of sp³-hybridized carbons (Fsp3) is 0.727. The van der Waals surface area contributed by atoms with E-state index in [1.54, 1.807) is 21.1 Å². The number of hydrogen-bond donors (Lipinski definition) is 0. The number of aliphatic carboxylic acids is 1. The average Bonchev–Trinajstić information content (AvgIpc) is 3.24. The summed E-state index contributed by atoms with van der Waals surface area (Å²) in [6.45, 7) is 4.57. The van der Waals surface area contributed by atoms with E-state index in [0.717, 1.165) is 57.8 Å². The second kappa shape index (κ2) is 45.3. The third kappa shape index (κ3) is 43.8. The molecule has 0 radical (unpaired) electrons. The van der Waals surface area contributed by atoms with Crippen LogP contribution in [0.5, 0.6) is 0 Å². The Hall–Kier alpha value is -3.23. The van der Waals surface area contributed by atoms with Gasteiger partial charge in [-0.1, -0.05) is 177 Å². The van der Waals surface area contributed by atoms with Crippen LogP contribution in [0.4, 0.5) is 0 Å². The van der Waals surface area contributed by atoms with Gasteiger partial charge in [-0.3, -0.25) is 9.59 Å². The molecule has 2 atom stereocenters. The number of carboxylic acid groups (broad SMARTS) is 1. The molecule has 0 saturated heterocycles. The molecule has 0 bridgehead atoms. The molecule has 0 saturated carbocycles. The number of carbonyl (C=O) groups excluding carboxylic acids is 3. The van der Waals surface area contributed by atoms with Crippen molar-refractivity contribution in [2.75, 3.05) is 41.0 Å². The number of rotatable bonds is 45. The van der Waals surface area contributed by atoms with E-state index >= 15 is 0 Å². The number of carbonyl (C=O) groups is 3. The topological polar surface area (TPSA) is 102 Å². The van der Waals surface area contributed by atoms with Crippen molar-refractivity contribution in [1.29, 1.82) is 0 Å². The van der Waals surface area contributed by atoms with Crippen LogP contribution in [0.2, 0.25) is 0 Å². The first kappa shape index (κ1) is 59.8. The van der Waals surface area contributed by atoms with Gasteiger partial charge in [-0.05, 0) is 83.5 Å². The van der Waals surface area contributed by atoms with Gasteiger partial charge >= 0.3 is 11.9 Å². The molecule has 63 heavy (non-hydrogen) atoms. The van der Waals surface area contributed by atoms with Crippen LogP contribution in [-0.2, 0) is 28.6 Å². The molecule has 2 unspecified atom stereocenters. The normalized spacial score (nSPS) is 13.5. The zero-order chi connectivity index (χ0) is 46.3. The summed E-state index contributed by atoms with van der Waals surface area (Å²) in [5.41, 5.74) is 0. The van der Waals surface area contributed by atoms with Gasteiger partial charge in [0.1, 0.15) is 12.6 Å². The quantitative estimate of drug-likeness (QED) is 0.0260. The fourth-order valence-electron chi connectivity index (χ4n) is 7.09.